The van der Waals surface area contributed by atoms with Crippen molar-refractivity contribution in [3.05, 3.63) is 23.5 Å². The van der Waals surface area contributed by atoms with Crippen molar-refractivity contribution in [3.63, 3.8) is 0 Å². The smallest absolute Gasteiger partial charge is 0.223 e. The number of rotatable bonds is 1. The first-order valence-electron chi connectivity index (χ1n) is 8.81. The van der Waals surface area contributed by atoms with Gasteiger partial charge in [0.05, 0.1) is 0 Å². The van der Waals surface area contributed by atoms with E-state index < -0.39 is 10.8 Å². The number of amides is 2. The molecular weight excluding hydrogens is 389 g/mol. The first kappa shape index (κ1) is 20.7. The molecule has 0 unspecified atom stereocenters. The van der Waals surface area contributed by atoms with Gasteiger partial charge in [-0.05, 0) is 31.4 Å². The summed E-state index contributed by atoms with van der Waals surface area (Å²) in [4.78, 5) is 32.5. The summed E-state index contributed by atoms with van der Waals surface area (Å²) >= 11 is 0. The van der Waals surface area contributed by atoms with Crippen LogP contribution in [0.1, 0.15) is 64.6 Å². The van der Waals surface area contributed by atoms with Gasteiger partial charge in [0.1, 0.15) is 0 Å². The number of imide groups is 1. The molecule has 0 aromatic carbocycles. The summed E-state index contributed by atoms with van der Waals surface area (Å²) in [6.07, 6.45) is 5.69. The van der Waals surface area contributed by atoms with Crippen LogP contribution in [0, 0.1) is 36.2 Å². The summed E-state index contributed by atoms with van der Waals surface area (Å²) in [7, 11) is 0. The van der Waals surface area contributed by atoms with E-state index in [-0.39, 0.29) is 49.9 Å². The fraction of sp³-hybridized carbons (Fsp3) is 0.650. The number of anilines is 1. The number of aromatic nitrogens is 1. The number of pyridine rings is 1. The second-order valence-electron chi connectivity index (χ2n) is 8.46. The fourth-order valence-corrected chi connectivity index (χ4v) is 5.14. The van der Waals surface area contributed by atoms with E-state index in [1.165, 1.54) is 4.90 Å². The molecule has 1 aliphatic carbocycles. The molecule has 25 heavy (non-hydrogen) atoms. The number of carbonyl (C=O) groups is 2. The minimum absolute atomic E-state index is 0. The molecule has 1 radical (unpaired) electrons. The van der Waals surface area contributed by atoms with E-state index in [0.29, 0.717) is 5.69 Å². The normalized spacial score (nSPS) is 23.7. The Balaban J connectivity index is 0.00000225. The first-order valence-corrected chi connectivity index (χ1v) is 8.81. The van der Waals surface area contributed by atoms with Crippen molar-refractivity contribution < 1.29 is 42.3 Å². The molecule has 2 amide bonds. The van der Waals surface area contributed by atoms with Gasteiger partial charge in [-0.25, -0.2) is 6.07 Å². The van der Waals surface area contributed by atoms with Gasteiger partial charge in [0.25, 0.3) is 0 Å². The molecule has 1 saturated heterocycles. The van der Waals surface area contributed by atoms with Crippen LogP contribution in [0.2, 0.25) is 0 Å². The molecule has 3 rings (SSSR count). The van der Waals surface area contributed by atoms with Gasteiger partial charge in [0, 0.05) is 43.5 Å². The van der Waals surface area contributed by atoms with Crippen LogP contribution in [0.25, 0.3) is 0 Å². The largest absolute Gasteiger partial charge is 0.330 e. The second-order valence-corrected chi connectivity index (χ2v) is 8.46. The van der Waals surface area contributed by atoms with E-state index in [2.05, 4.69) is 11.1 Å². The Hall–Kier alpha value is -0.606. The molecular formula is C20H27N2O2Y-. The van der Waals surface area contributed by atoms with Gasteiger partial charge in [-0.2, -0.15) is 5.56 Å². The van der Waals surface area contributed by atoms with Gasteiger partial charge in [-0.15, -0.1) is 0 Å². The first-order chi connectivity index (χ1) is 11.1. The van der Waals surface area contributed by atoms with E-state index in [1.54, 1.807) is 6.20 Å². The molecule has 2 heterocycles. The van der Waals surface area contributed by atoms with Crippen molar-refractivity contribution in [2.45, 2.75) is 67.2 Å². The van der Waals surface area contributed by atoms with Crippen LogP contribution in [0.4, 0.5) is 5.69 Å². The third kappa shape index (κ3) is 2.66. The van der Waals surface area contributed by atoms with Crippen molar-refractivity contribution in [2.75, 3.05) is 4.90 Å². The Bertz CT molecular complexity index is 688. The predicted molar refractivity (Wildman–Crippen MR) is 93.5 cm³/mol. The molecule has 2 fully saturated rings. The Kier molecular flexibility index (Phi) is 5.41. The summed E-state index contributed by atoms with van der Waals surface area (Å²) in [6, 6.07) is 3.14. The van der Waals surface area contributed by atoms with Crippen molar-refractivity contribution in [2.24, 2.45) is 16.2 Å². The zero-order valence-corrected chi connectivity index (χ0v) is 19.0. The molecule has 1 aromatic heterocycles. The average molecular weight is 416 g/mol. The zero-order valence-electron chi connectivity index (χ0n) is 16.2. The maximum absolute atomic E-state index is 13.4. The monoisotopic (exact) mass is 416 g/mol. The molecule has 5 heteroatoms. The van der Waals surface area contributed by atoms with Crippen LogP contribution in [0.3, 0.4) is 0 Å². The average Bonchev–Trinajstić information content (AvgIpc) is 3.00. The van der Waals surface area contributed by atoms with E-state index in [9.17, 15) is 9.59 Å². The molecule has 133 valence electrons. The van der Waals surface area contributed by atoms with Gasteiger partial charge < -0.3 is 4.90 Å². The van der Waals surface area contributed by atoms with Crippen molar-refractivity contribution in [1.82, 2.24) is 4.98 Å². The van der Waals surface area contributed by atoms with Crippen LogP contribution in [0.15, 0.2) is 6.20 Å². The van der Waals surface area contributed by atoms with E-state index in [4.69, 9.17) is 0 Å². The maximum atomic E-state index is 13.4. The Morgan fingerprint density at radius 3 is 1.92 bits per heavy atom. The molecule has 4 nitrogen and oxygen atoms in total. The van der Waals surface area contributed by atoms with Crippen LogP contribution < -0.4 is 4.90 Å². The maximum Gasteiger partial charge on any atom is 0.223 e. The molecule has 1 aliphatic heterocycles. The van der Waals surface area contributed by atoms with Crippen LogP contribution >= 0.6 is 0 Å². The van der Waals surface area contributed by atoms with E-state index in [0.717, 1.165) is 36.9 Å². The van der Waals surface area contributed by atoms with Gasteiger partial charge in [0.2, 0.25) is 11.8 Å². The Labute approximate surface area is 176 Å². The SMILES string of the molecule is Cc1[c-]c(C)c(N2C(=O)C(C)(C)C3(CCCC3)C(C)(C)C2=O)cn1.[Y]. The third-order valence-electron chi connectivity index (χ3n) is 6.70. The number of hydrogen-bond acceptors (Lipinski definition) is 3. The van der Waals surface area contributed by atoms with Crippen molar-refractivity contribution in [3.8, 4) is 0 Å². The molecule has 0 N–H and O–H groups in total. The number of piperidine rings is 1. The van der Waals surface area contributed by atoms with Gasteiger partial charge in [0.15, 0.2) is 0 Å². The summed E-state index contributed by atoms with van der Waals surface area (Å²) in [5, 5.41) is 0. The summed E-state index contributed by atoms with van der Waals surface area (Å²) in [6.45, 7) is 11.8. The minimum atomic E-state index is -0.585. The Morgan fingerprint density at radius 1 is 1.00 bits per heavy atom. The number of nitrogens with zero attached hydrogens (tertiary/aromatic N) is 2. The van der Waals surface area contributed by atoms with Gasteiger partial charge in [-0.1, -0.05) is 58.8 Å². The molecule has 0 bridgehead atoms. The topological polar surface area (TPSA) is 50.3 Å². The van der Waals surface area contributed by atoms with E-state index in [1.807, 2.05) is 41.5 Å². The quantitative estimate of drug-likeness (QED) is 0.514. The zero-order chi connectivity index (χ0) is 17.9. The minimum Gasteiger partial charge on any atom is -0.330 e. The van der Waals surface area contributed by atoms with E-state index >= 15 is 0 Å². The van der Waals surface area contributed by atoms with Crippen LogP contribution in [-0.4, -0.2) is 16.8 Å². The molecule has 1 saturated carbocycles. The third-order valence-corrected chi connectivity index (χ3v) is 6.70. The standard InChI is InChI=1S/C20H27N2O2.Y/c1-13-11-14(2)21-12-15(13)22-16(23)18(3,4)20(9-7-8-10-20)19(5,6)17(22)24;/h12H,7-10H2,1-6H3;/q-1;. The summed E-state index contributed by atoms with van der Waals surface area (Å²) < 4.78 is 0. The number of carbonyl (C=O) groups excluding carboxylic acids is 2. The summed E-state index contributed by atoms with van der Waals surface area (Å²) in [5.41, 5.74) is 0.693. The number of hydrogen-bond donors (Lipinski definition) is 0. The molecule has 0 atom stereocenters. The van der Waals surface area contributed by atoms with Crippen LogP contribution in [0.5, 0.6) is 0 Å². The van der Waals surface area contributed by atoms with Gasteiger partial charge >= 0.3 is 0 Å². The fourth-order valence-electron chi connectivity index (χ4n) is 5.14. The Morgan fingerprint density at radius 2 is 1.48 bits per heavy atom. The summed E-state index contributed by atoms with van der Waals surface area (Å²) in [5.74, 6) is -0.202. The molecule has 1 aromatic rings. The predicted octanol–water partition coefficient (Wildman–Crippen LogP) is 3.98. The number of aryl methyl sites for hydroxylation is 2. The molecule has 1 spiro atoms. The van der Waals surface area contributed by atoms with Crippen LogP contribution in [-0.2, 0) is 42.3 Å². The molecule has 2 aliphatic rings. The second kappa shape index (κ2) is 6.53. The van der Waals surface area contributed by atoms with Crippen molar-refractivity contribution in [1.29, 1.82) is 0 Å². The van der Waals surface area contributed by atoms with Gasteiger partial charge in [-0.3, -0.25) is 14.6 Å². The van der Waals surface area contributed by atoms with Crippen molar-refractivity contribution >= 4 is 17.5 Å².